The summed E-state index contributed by atoms with van der Waals surface area (Å²) in [5.41, 5.74) is 0.0248. The lowest BCUT2D eigenvalue weighted by atomic mass is 9.73. The molecular weight excluding hydrogens is 764 g/mol. The molecule has 2 aromatic rings. The Morgan fingerprint density at radius 1 is 1.05 bits per heavy atom. The van der Waals surface area contributed by atoms with E-state index in [4.69, 9.17) is 38.4 Å². The van der Waals surface area contributed by atoms with Gasteiger partial charge in [0.05, 0.1) is 61.3 Å². The van der Waals surface area contributed by atoms with Gasteiger partial charge in [0.2, 0.25) is 0 Å². The number of aliphatic hydroxyl groups is 1. The van der Waals surface area contributed by atoms with Crippen molar-refractivity contribution in [2.24, 2.45) is 34.7 Å². The van der Waals surface area contributed by atoms with Gasteiger partial charge in [0.15, 0.2) is 11.9 Å². The van der Waals surface area contributed by atoms with Crippen molar-refractivity contribution in [3.05, 3.63) is 23.8 Å². The number of hydrogen-bond acceptors (Lipinski definition) is 15. The maximum atomic E-state index is 14.8. The molecule has 0 saturated carbocycles. The zero-order valence-electron chi connectivity index (χ0n) is 36.0. The molecule has 59 heavy (non-hydrogen) atoms. The van der Waals surface area contributed by atoms with E-state index in [1.165, 1.54) is 4.90 Å². The lowest BCUT2D eigenvalue weighted by Gasteiger charge is -2.48. The van der Waals surface area contributed by atoms with Crippen LogP contribution in [0.5, 0.6) is 0 Å². The fourth-order valence-electron chi connectivity index (χ4n) is 10.4. The molecule has 17 heteroatoms. The first-order valence-electron chi connectivity index (χ1n) is 21.1. The normalized spacial score (nSPS) is 41.6. The molecule has 0 radical (unpaired) electrons. The van der Waals surface area contributed by atoms with Gasteiger partial charge in [-0.3, -0.25) is 14.5 Å². The summed E-state index contributed by atoms with van der Waals surface area (Å²) in [5, 5.41) is 27.4. The standard InChI is InChI=1S/C42H62N6O11/c1-11-32-42(8)36-23(4)33(49)21(2)16-41(7)37(58-39-34(50)31(47(9)10)14-22(3)56-39)24(5)35(25(6)38(51)57-32)53-19-27(20-54-41)30(17-48(36)40(52)59-42)45-55-18-26-12-13-28-29(15-26)44-46-43-28/h12-13,15,21-25,27,31-32,34-37,39,50H,11,14,16-20H2,1-10H3,(H,43,44,46)/b45-30-/t21-,22-,23+,24+,25-,27?,31+,32-,34-,35+,36+,37-,39+,41?,42?/m1/s1. The molecule has 326 valence electrons. The fraction of sp³-hybridized carbons (Fsp3) is 0.762. The van der Waals surface area contributed by atoms with E-state index < -0.39 is 89.6 Å². The molecule has 3 unspecified atom stereocenters. The molecule has 0 aliphatic carbocycles. The average molecular weight is 827 g/mol. The molecule has 6 bridgehead atoms. The van der Waals surface area contributed by atoms with E-state index >= 15 is 0 Å². The average Bonchev–Trinajstić information content (AvgIpc) is 3.77. The second-order valence-corrected chi connectivity index (χ2v) is 18.2. The van der Waals surface area contributed by atoms with Crippen LogP contribution >= 0.6 is 0 Å². The van der Waals surface area contributed by atoms with Gasteiger partial charge in [-0.1, -0.05) is 38.9 Å². The molecule has 1 amide bonds. The topological polar surface area (TPSA) is 196 Å². The second-order valence-electron chi connectivity index (χ2n) is 18.2. The van der Waals surface area contributed by atoms with E-state index in [1.54, 1.807) is 20.8 Å². The van der Waals surface area contributed by atoms with Gasteiger partial charge in [-0.15, -0.1) is 0 Å². The van der Waals surface area contributed by atoms with E-state index in [2.05, 4.69) is 15.4 Å². The van der Waals surface area contributed by atoms with Crippen LogP contribution in [0.1, 0.15) is 80.2 Å². The molecule has 7 rings (SSSR count). The summed E-state index contributed by atoms with van der Waals surface area (Å²) < 4.78 is 39.8. The number of ether oxygens (including phenoxy) is 6. The zero-order valence-corrected chi connectivity index (χ0v) is 36.0. The minimum absolute atomic E-state index is 0.0331. The maximum absolute atomic E-state index is 14.8. The first-order chi connectivity index (χ1) is 27.9. The van der Waals surface area contributed by atoms with Crippen LogP contribution in [0.15, 0.2) is 23.4 Å². The van der Waals surface area contributed by atoms with E-state index in [0.717, 1.165) is 5.56 Å². The molecule has 5 saturated heterocycles. The lowest BCUT2D eigenvalue weighted by molar-refractivity contribution is -0.302. The maximum Gasteiger partial charge on any atom is 0.411 e. The number of carbonyl (C=O) groups excluding carboxylic acids is 3. The largest absolute Gasteiger partial charge is 0.458 e. The molecular formula is C42H62N6O11. The molecule has 15 atom stereocenters. The number of aromatic amines is 1. The van der Waals surface area contributed by atoms with Crippen molar-refractivity contribution in [2.75, 3.05) is 33.9 Å². The number of aliphatic hydroxyl groups excluding tert-OH is 1. The Hall–Kier alpha value is -3.74. The van der Waals surface area contributed by atoms with Crippen molar-refractivity contribution in [3.63, 3.8) is 0 Å². The number of rotatable bonds is 7. The zero-order chi connectivity index (χ0) is 42.6. The van der Waals surface area contributed by atoms with E-state index in [1.807, 2.05) is 71.8 Å². The number of aromatic nitrogens is 3. The van der Waals surface area contributed by atoms with Crippen LogP contribution in [0.25, 0.3) is 11.0 Å². The predicted octanol–water partition coefficient (Wildman–Crippen LogP) is 3.86. The fourth-order valence-corrected chi connectivity index (χ4v) is 10.4. The summed E-state index contributed by atoms with van der Waals surface area (Å²) in [7, 11) is 3.82. The van der Waals surface area contributed by atoms with Gasteiger partial charge >= 0.3 is 12.1 Å². The molecule has 6 heterocycles. The number of fused-ring (bicyclic) bond motifs is 6. The highest BCUT2D eigenvalue weighted by Crippen LogP contribution is 2.45. The van der Waals surface area contributed by atoms with Gasteiger partial charge in [0, 0.05) is 29.7 Å². The molecule has 1 aromatic carbocycles. The van der Waals surface area contributed by atoms with E-state index in [-0.39, 0.29) is 50.7 Å². The Morgan fingerprint density at radius 2 is 1.80 bits per heavy atom. The van der Waals surface area contributed by atoms with Crippen molar-refractivity contribution in [1.29, 1.82) is 0 Å². The summed E-state index contributed by atoms with van der Waals surface area (Å²) in [4.78, 5) is 53.0. The number of nitrogens with one attached hydrogen (secondary N) is 1. The number of nitrogens with zero attached hydrogens (tertiary/aromatic N) is 5. The molecule has 17 nitrogen and oxygen atoms in total. The molecule has 2 N–H and O–H groups in total. The van der Waals surface area contributed by atoms with Crippen molar-refractivity contribution in [2.45, 2.75) is 141 Å². The smallest absolute Gasteiger partial charge is 0.411 e. The van der Waals surface area contributed by atoms with Crippen molar-refractivity contribution < 1.29 is 52.7 Å². The highest BCUT2D eigenvalue weighted by Gasteiger charge is 2.61. The van der Waals surface area contributed by atoms with Gasteiger partial charge in [0.25, 0.3) is 0 Å². The van der Waals surface area contributed by atoms with Crippen molar-refractivity contribution in [1.82, 2.24) is 25.2 Å². The Bertz CT molecular complexity index is 1890. The number of amides is 1. The third kappa shape index (κ3) is 8.22. The predicted molar refractivity (Wildman–Crippen MR) is 213 cm³/mol. The highest BCUT2D eigenvalue weighted by molar-refractivity contribution is 5.92. The van der Waals surface area contributed by atoms with E-state index in [9.17, 15) is 19.5 Å². The quantitative estimate of drug-likeness (QED) is 0.302. The number of ketones is 1. The third-order valence-corrected chi connectivity index (χ3v) is 13.6. The second kappa shape index (κ2) is 17.0. The van der Waals surface area contributed by atoms with Crippen LogP contribution in [0.4, 0.5) is 4.79 Å². The van der Waals surface area contributed by atoms with Crippen LogP contribution in [0, 0.1) is 29.6 Å². The lowest BCUT2D eigenvalue weighted by Crippen LogP contribution is -2.61. The highest BCUT2D eigenvalue weighted by atomic mass is 16.7. The number of hydrogen-bond donors (Lipinski definition) is 2. The number of H-pyrrole nitrogens is 1. The Morgan fingerprint density at radius 3 is 2.53 bits per heavy atom. The Kier molecular flexibility index (Phi) is 12.5. The number of likely N-dealkylation sites (N-methyl/N-ethyl adjacent to an activating group) is 1. The summed E-state index contributed by atoms with van der Waals surface area (Å²) in [5.74, 6) is -4.01. The minimum Gasteiger partial charge on any atom is -0.458 e. The first kappa shape index (κ1) is 43.4. The van der Waals surface area contributed by atoms with Gasteiger partial charge in [0.1, 0.15) is 35.6 Å². The third-order valence-electron chi connectivity index (χ3n) is 13.6. The Balaban J connectivity index is 1.37. The van der Waals surface area contributed by atoms with Crippen molar-refractivity contribution in [3.8, 4) is 0 Å². The van der Waals surface area contributed by atoms with Crippen LogP contribution in [-0.2, 0) is 49.5 Å². The van der Waals surface area contributed by atoms with Gasteiger partial charge in [-0.2, -0.15) is 15.4 Å². The number of benzene rings is 1. The summed E-state index contributed by atoms with van der Waals surface area (Å²) in [6.07, 6.45) is -4.37. The monoisotopic (exact) mass is 826 g/mol. The number of esters is 1. The summed E-state index contributed by atoms with van der Waals surface area (Å²) in [6, 6.07) is 4.47. The van der Waals surface area contributed by atoms with Crippen LogP contribution in [0.2, 0.25) is 0 Å². The first-order valence-corrected chi connectivity index (χ1v) is 21.1. The SMILES string of the molecule is CC[C@H]1OC(=O)[C@H](C)[C@H]2OCC3COC(C)(C[C@@H](C)C(=O)[C@H](C)[C@@H]4N(C/C3=N/OCc3ccc5n[nH]nc5c3)C(=O)OC41C)[C@H](O[C@@H]1O[C@H](C)C[C@H](N(C)C)[C@H]1O)[C@H]2C. The molecule has 5 fully saturated rings. The van der Waals surface area contributed by atoms with E-state index in [0.29, 0.717) is 29.6 Å². The van der Waals surface area contributed by atoms with Gasteiger partial charge in [-0.25, -0.2) is 4.79 Å². The summed E-state index contributed by atoms with van der Waals surface area (Å²) >= 11 is 0. The van der Waals surface area contributed by atoms with Crippen LogP contribution in [0.3, 0.4) is 0 Å². The molecule has 5 aliphatic rings. The number of cyclic esters (lactones) is 1. The molecule has 5 aliphatic heterocycles. The Labute approximate surface area is 345 Å². The van der Waals surface area contributed by atoms with Gasteiger partial charge in [-0.05, 0) is 78.7 Å². The molecule has 1 aromatic heterocycles. The number of oxime groups is 1. The van der Waals surface area contributed by atoms with Crippen LogP contribution in [-0.4, -0.2) is 148 Å². The van der Waals surface area contributed by atoms with Crippen molar-refractivity contribution >= 4 is 34.6 Å². The number of Topliss-reactive ketones (excluding diaryl/α,β-unsaturated/α-hetero) is 1. The van der Waals surface area contributed by atoms with Crippen LogP contribution < -0.4 is 0 Å². The van der Waals surface area contributed by atoms with Gasteiger partial charge < -0.3 is 43.3 Å². The summed E-state index contributed by atoms with van der Waals surface area (Å²) in [6.45, 7) is 15.0. The minimum atomic E-state index is -1.39. The molecule has 0 spiro atoms. The number of carbonyl (C=O) groups is 3.